The summed E-state index contributed by atoms with van der Waals surface area (Å²) in [6, 6.07) is 27.6. The van der Waals surface area contributed by atoms with E-state index in [9.17, 15) is 14.4 Å². The fourth-order valence-corrected chi connectivity index (χ4v) is 4.80. The molecule has 3 aromatic carbocycles. The Morgan fingerprint density at radius 3 is 1.83 bits per heavy atom. The number of amides is 1. The van der Waals surface area contributed by atoms with Crippen molar-refractivity contribution in [1.82, 2.24) is 0 Å². The lowest BCUT2D eigenvalue weighted by molar-refractivity contribution is -0.112. The van der Waals surface area contributed by atoms with Gasteiger partial charge < -0.3 is 5.32 Å². The second-order valence-electron chi connectivity index (χ2n) is 6.26. The van der Waals surface area contributed by atoms with Gasteiger partial charge in [0.25, 0.3) is 5.91 Å². The first-order valence-electron chi connectivity index (χ1n) is 9.21. The normalized spacial score (nSPS) is 10.1. The van der Waals surface area contributed by atoms with Crippen LogP contribution in [0.1, 0.15) is 11.1 Å². The summed E-state index contributed by atoms with van der Waals surface area (Å²) in [7, 11) is 0. The minimum absolute atomic E-state index is 0.0138. The number of nitrogens with one attached hydrogen (secondary N) is 1. The lowest BCUT2D eigenvalue weighted by atomic mass is 10.2. The number of benzene rings is 3. The van der Waals surface area contributed by atoms with E-state index in [1.54, 1.807) is 12.1 Å². The first-order valence-corrected chi connectivity index (χ1v) is 11.2. The number of carbonyl (C=O) groups is 1. The summed E-state index contributed by atoms with van der Waals surface area (Å²) in [5.74, 6) is 0.0870. The van der Waals surface area contributed by atoms with Gasteiger partial charge in [-0.3, -0.25) is 4.79 Å². The Balaban J connectivity index is 1.83. The molecule has 3 rings (SSSR count). The Hall–Kier alpha value is -3.01. The fraction of sp³-hybridized carbons (Fsp3) is 0.0833. The Morgan fingerprint density at radius 1 is 0.833 bits per heavy atom. The molecule has 30 heavy (non-hydrogen) atoms. The molecule has 1 N–H and O–H groups in total. The molecule has 0 aliphatic heterocycles. The van der Waals surface area contributed by atoms with Crippen LogP contribution in [0, 0.1) is 17.1 Å². The highest BCUT2D eigenvalue weighted by atomic mass is 32.2. The van der Waals surface area contributed by atoms with Crippen LogP contribution in [-0.4, -0.2) is 5.91 Å². The molecule has 1 amide bonds. The number of thioether (sulfide) groups is 2. The molecule has 0 unspecified atom stereocenters. The summed E-state index contributed by atoms with van der Waals surface area (Å²) in [6.45, 7) is 0. The Labute approximate surface area is 184 Å². The molecule has 0 saturated heterocycles. The summed E-state index contributed by atoms with van der Waals surface area (Å²) in [5.41, 5.74) is 2.22. The second-order valence-corrected chi connectivity index (χ2v) is 8.49. The third-order valence-corrected chi connectivity index (χ3v) is 6.69. The van der Waals surface area contributed by atoms with Crippen LogP contribution in [0.2, 0.25) is 0 Å². The van der Waals surface area contributed by atoms with Crippen molar-refractivity contribution < 1.29 is 9.18 Å². The zero-order valence-corrected chi connectivity index (χ0v) is 17.7. The van der Waals surface area contributed by atoms with Gasteiger partial charge >= 0.3 is 0 Å². The highest BCUT2D eigenvalue weighted by Crippen LogP contribution is 2.36. The van der Waals surface area contributed by atoms with Gasteiger partial charge in [0.05, 0.1) is 9.92 Å². The number of anilines is 1. The van der Waals surface area contributed by atoms with Crippen molar-refractivity contribution in [1.29, 1.82) is 5.26 Å². The molecule has 0 aliphatic rings. The Kier molecular flexibility index (Phi) is 8.13. The first-order chi connectivity index (χ1) is 14.7. The standard InChI is InChI=1S/C24H19FN2OS2/c25-21-13-7-8-14-22(21)27-23(28)20(15-26)24(29-16-18-9-3-1-4-10-18)30-17-19-11-5-2-6-12-19/h1-14H,16-17H2,(H,27,28). The van der Waals surface area contributed by atoms with Crippen molar-refractivity contribution in [3.63, 3.8) is 0 Å². The maximum absolute atomic E-state index is 13.9. The Bertz CT molecular complexity index is 1020. The van der Waals surface area contributed by atoms with Gasteiger partial charge in [0, 0.05) is 11.5 Å². The SMILES string of the molecule is N#CC(C(=O)Nc1ccccc1F)=C(SCc1ccccc1)SCc1ccccc1. The van der Waals surface area contributed by atoms with Gasteiger partial charge in [0.15, 0.2) is 0 Å². The molecule has 0 aliphatic carbocycles. The van der Waals surface area contributed by atoms with Gasteiger partial charge in [-0.05, 0) is 23.3 Å². The maximum atomic E-state index is 13.9. The van der Waals surface area contributed by atoms with Crippen LogP contribution in [0.4, 0.5) is 10.1 Å². The van der Waals surface area contributed by atoms with Crippen molar-refractivity contribution in [2.45, 2.75) is 11.5 Å². The average Bonchev–Trinajstić information content (AvgIpc) is 2.78. The van der Waals surface area contributed by atoms with E-state index < -0.39 is 11.7 Å². The third kappa shape index (κ3) is 6.24. The highest BCUT2D eigenvalue weighted by molar-refractivity contribution is 8.21. The average molecular weight is 435 g/mol. The molecule has 3 aromatic rings. The molecule has 0 heterocycles. The molecule has 0 spiro atoms. The lowest BCUT2D eigenvalue weighted by Crippen LogP contribution is -2.15. The van der Waals surface area contributed by atoms with Crippen LogP contribution in [0.5, 0.6) is 0 Å². The van der Waals surface area contributed by atoms with Crippen LogP contribution in [-0.2, 0) is 16.3 Å². The van der Waals surface area contributed by atoms with E-state index in [0.717, 1.165) is 11.1 Å². The summed E-state index contributed by atoms with van der Waals surface area (Å²) in [4.78, 5) is 12.8. The van der Waals surface area contributed by atoms with E-state index in [1.165, 1.54) is 35.7 Å². The molecule has 150 valence electrons. The van der Waals surface area contributed by atoms with E-state index >= 15 is 0 Å². The summed E-state index contributed by atoms with van der Waals surface area (Å²) < 4.78 is 14.5. The number of hydrogen-bond donors (Lipinski definition) is 1. The second kappa shape index (κ2) is 11.2. The smallest absolute Gasteiger partial charge is 0.268 e. The molecule has 0 fully saturated rings. The highest BCUT2D eigenvalue weighted by Gasteiger charge is 2.18. The largest absolute Gasteiger partial charge is 0.319 e. The molecule has 0 saturated carbocycles. The van der Waals surface area contributed by atoms with Crippen LogP contribution in [0.25, 0.3) is 0 Å². The van der Waals surface area contributed by atoms with Gasteiger partial charge in [-0.15, -0.1) is 23.5 Å². The molecule has 0 atom stereocenters. The monoisotopic (exact) mass is 434 g/mol. The molecule has 0 bridgehead atoms. The van der Waals surface area contributed by atoms with Gasteiger partial charge in [-0.2, -0.15) is 5.26 Å². The molecule has 0 aromatic heterocycles. The zero-order chi connectivity index (χ0) is 21.2. The lowest BCUT2D eigenvalue weighted by Gasteiger charge is -2.11. The van der Waals surface area contributed by atoms with Gasteiger partial charge in [-0.25, -0.2) is 4.39 Å². The molecule has 6 heteroatoms. The van der Waals surface area contributed by atoms with Gasteiger partial charge in [0.2, 0.25) is 0 Å². The van der Waals surface area contributed by atoms with E-state index in [-0.39, 0.29) is 11.3 Å². The van der Waals surface area contributed by atoms with Crippen molar-refractivity contribution in [3.8, 4) is 6.07 Å². The number of nitrogens with zero attached hydrogens (tertiary/aromatic N) is 1. The van der Waals surface area contributed by atoms with Crippen LogP contribution in [0.3, 0.4) is 0 Å². The molecule has 0 radical (unpaired) electrons. The Morgan fingerprint density at radius 2 is 1.33 bits per heavy atom. The number of para-hydroxylation sites is 1. The molecular formula is C24H19FN2OS2. The summed E-state index contributed by atoms with van der Waals surface area (Å²) in [5, 5.41) is 12.2. The minimum atomic E-state index is -0.612. The number of nitriles is 1. The predicted molar refractivity (Wildman–Crippen MR) is 123 cm³/mol. The number of rotatable bonds is 8. The first kappa shape index (κ1) is 21.7. The van der Waals surface area contributed by atoms with E-state index in [1.807, 2.05) is 66.7 Å². The quantitative estimate of drug-likeness (QED) is 0.331. The maximum Gasteiger partial charge on any atom is 0.268 e. The third-order valence-electron chi connectivity index (χ3n) is 4.09. The minimum Gasteiger partial charge on any atom is -0.319 e. The zero-order valence-electron chi connectivity index (χ0n) is 16.0. The van der Waals surface area contributed by atoms with E-state index in [4.69, 9.17) is 0 Å². The van der Waals surface area contributed by atoms with E-state index in [0.29, 0.717) is 15.7 Å². The van der Waals surface area contributed by atoms with Crippen molar-refractivity contribution in [2.24, 2.45) is 0 Å². The number of carbonyl (C=O) groups excluding carboxylic acids is 1. The molecule has 3 nitrogen and oxygen atoms in total. The molecular weight excluding hydrogens is 415 g/mol. The van der Waals surface area contributed by atoms with E-state index in [2.05, 4.69) is 5.32 Å². The predicted octanol–water partition coefficient (Wildman–Crippen LogP) is 6.37. The topological polar surface area (TPSA) is 52.9 Å². The fourth-order valence-electron chi connectivity index (χ4n) is 2.57. The number of halogens is 1. The van der Waals surface area contributed by atoms with Gasteiger partial charge in [0.1, 0.15) is 17.5 Å². The summed E-state index contributed by atoms with van der Waals surface area (Å²) >= 11 is 2.87. The van der Waals surface area contributed by atoms with Gasteiger partial charge in [-0.1, -0.05) is 72.8 Å². The number of hydrogen-bond acceptors (Lipinski definition) is 4. The summed E-state index contributed by atoms with van der Waals surface area (Å²) in [6.07, 6.45) is 0. The van der Waals surface area contributed by atoms with Crippen LogP contribution < -0.4 is 5.32 Å². The van der Waals surface area contributed by atoms with Crippen molar-refractivity contribution in [3.05, 3.63) is 112 Å². The van der Waals surface area contributed by atoms with Crippen molar-refractivity contribution in [2.75, 3.05) is 5.32 Å². The van der Waals surface area contributed by atoms with Crippen LogP contribution in [0.15, 0.2) is 94.7 Å². The van der Waals surface area contributed by atoms with Crippen LogP contribution >= 0.6 is 23.5 Å². The van der Waals surface area contributed by atoms with Crippen molar-refractivity contribution >= 4 is 35.1 Å².